The lowest BCUT2D eigenvalue weighted by atomic mass is 9.82. The molecule has 3 atom stereocenters. The lowest BCUT2D eigenvalue weighted by Crippen LogP contribution is -2.56. The van der Waals surface area contributed by atoms with Crippen LogP contribution in [0.5, 0.6) is 5.88 Å². The van der Waals surface area contributed by atoms with E-state index in [-0.39, 0.29) is 53.5 Å². The van der Waals surface area contributed by atoms with E-state index in [0.29, 0.717) is 0 Å². The fourth-order valence-corrected chi connectivity index (χ4v) is 6.03. The normalized spacial score (nSPS) is 21.9. The Hall–Kier alpha value is -2.56. The van der Waals surface area contributed by atoms with Gasteiger partial charge < -0.3 is 20.3 Å². The van der Waals surface area contributed by atoms with E-state index in [1.54, 1.807) is 6.92 Å². The third-order valence-electron chi connectivity index (χ3n) is 7.34. The van der Waals surface area contributed by atoms with Crippen LogP contribution in [0, 0.1) is 5.41 Å². The average molecular weight is 647 g/mol. The van der Waals surface area contributed by atoms with Crippen molar-refractivity contribution in [2.24, 2.45) is 5.41 Å². The molecule has 3 N–H and O–H groups in total. The zero-order valence-corrected chi connectivity index (χ0v) is 24.7. The summed E-state index contributed by atoms with van der Waals surface area (Å²) in [7, 11) is -3.45. The van der Waals surface area contributed by atoms with Gasteiger partial charge in [0, 0.05) is 31.5 Å². The maximum atomic E-state index is 13.4. The number of amides is 1. The van der Waals surface area contributed by atoms with Crippen LogP contribution in [0.2, 0.25) is 5.02 Å². The molecule has 2 aromatic rings. The number of aliphatic hydroxyl groups is 2. The number of aliphatic hydroxyl groups excluding tert-OH is 1. The number of alkyl halides is 5. The molecule has 2 aromatic heterocycles. The highest BCUT2D eigenvalue weighted by Crippen LogP contribution is 2.42. The number of nitrogens with zero attached hydrogens (tertiary/aromatic N) is 3. The summed E-state index contributed by atoms with van der Waals surface area (Å²) in [6.07, 6.45) is -5.93. The molecule has 0 saturated heterocycles. The van der Waals surface area contributed by atoms with Gasteiger partial charge in [0.25, 0.3) is 5.91 Å². The predicted molar refractivity (Wildman–Crippen MR) is 142 cm³/mol. The van der Waals surface area contributed by atoms with Crippen LogP contribution in [0.1, 0.15) is 56.2 Å². The largest absolute Gasteiger partial charge is 0.416 e. The zero-order chi connectivity index (χ0) is 31.8. The van der Waals surface area contributed by atoms with E-state index in [4.69, 9.17) is 11.6 Å². The predicted octanol–water partition coefficient (Wildman–Crippen LogP) is 3.77. The standard InChI is InChI=1S/C25H32ClF5N4O6S/c1-5-35-19(15-7-6-13(33-21(15)41-22(27)28)11-23(2,3)25(29,30)31)17(26)18(34-35)20(37)32-12-24(38)9-8-14(10-16(24)36)42(4,39)40/h6-7,14,16,22,36,38H,5,8-12H2,1-4H3,(H,32,37)/t14-,16-,24-/m0/s1. The maximum absolute atomic E-state index is 13.4. The van der Waals surface area contributed by atoms with Gasteiger partial charge in [-0.1, -0.05) is 25.4 Å². The van der Waals surface area contributed by atoms with E-state index < -0.39 is 69.7 Å². The van der Waals surface area contributed by atoms with Crippen LogP contribution in [-0.4, -0.2) is 81.8 Å². The topological polar surface area (TPSA) is 144 Å². The minimum Gasteiger partial charge on any atom is -0.416 e. The van der Waals surface area contributed by atoms with Crippen molar-refractivity contribution in [3.05, 3.63) is 28.5 Å². The molecule has 236 valence electrons. The Morgan fingerprint density at radius 3 is 2.48 bits per heavy atom. The first-order chi connectivity index (χ1) is 19.2. The fraction of sp³-hybridized carbons (Fsp3) is 0.640. The molecule has 17 heteroatoms. The molecule has 0 unspecified atom stereocenters. The molecule has 1 aliphatic carbocycles. The first-order valence-electron chi connectivity index (χ1n) is 12.9. The number of hydrogen-bond acceptors (Lipinski definition) is 8. The minimum atomic E-state index is -4.60. The van der Waals surface area contributed by atoms with Gasteiger partial charge in [-0.3, -0.25) is 9.48 Å². The van der Waals surface area contributed by atoms with Gasteiger partial charge in [0.05, 0.1) is 33.0 Å². The third kappa shape index (κ3) is 7.32. The van der Waals surface area contributed by atoms with Crippen molar-refractivity contribution in [1.29, 1.82) is 0 Å². The van der Waals surface area contributed by atoms with E-state index in [1.165, 1.54) is 16.8 Å². The van der Waals surface area contributed by atoms with Crippen LogP contribution in [0.4, 0.5) is 22.0 Å². The molecule has 0 aliphatic heterocycles. The molecular weight excluding hydrogens is 615 g/mol. The lowest BCUT2D eigenvalue weighted by Gasteiger charge is -2.39. The number of hydrogen-bond donors (Lipinski definition) is 3. The number of pyridine rings is 1. The first kappa shape index (κ1) is 33.9. The van der Waals surface area contributed by atoms with Crippen molar-refractivity contribution < 1.29 is 50.1 Å². The molecule has 0 spiro atoms. The molecule has 1 saturated carbocycles. The molecule has 0 bridgehead atoms. The van der Waals surface area contributed by atoms with Gasteiger partial charge in [0.15, 0.2) is 5.69 Å². The number of aromatic nitrogens is 3. The van der Waals surface area contributed by atoms with Crippen molar-refractivity contribution >= 4 is 27.3 Å². The highest BCUT2D eigenvalue weighted by Gasteiger charge is 2.47. The van der Waals surface area contributed by atoms with Gasteiger partial charge in [-0.05, 0) is 38.3 Å². The summed E-state index contributed by atoms with van der Waals surface area (Å²) >= 11 is 6.46. The molecule has 0 aromatic carbocycles. The molecule has 42 heavy (non-hydrogen) atoms. The SMILES string of the molecule is CCn1nc(C(=O)NC[C@@]2(O)CC[C@H](S(C)(=O)=O)C[C@@H]2O)c(Cl)c1-c1ccc(CC(C)(C)C(F)(F)F)nc1OC(F)F. The quantitative estimate of drug-likeness (QED) is 0.331. The number of aryl methyl sites for hydroxylation is 1. The molecule has 1 amide bonds. The van der Waals surface area contributed by atoms with E-state index in [0.717, 1.165) is 20.1 Å². The van der Waals surface area contributed by atoms with Crippen LogP contribution >= 0.6 is 11.6 Å². The Labute approximate surface area is 244 Å². The van der Waals surface area contributed by atoms with Crippen LogP contribution in [-0.2, 0) is 22.8 Å². The summed E-state index contributed by atoms with van der Waals surface area (Å²) in [5.41, 5.74) is -4.83. The molecular formula is C25H32ClF5N4O6S. The van der Waals surface area contributed by atoms with E-state index in [9.17, 15) is 45.4 Å². The van der Waals surface area contributed by atoms with Crippen LogP contribution < -0.4 is 10.1 Å². The van der Waals surface area contributed by atoms with Crippen molar-refractivity contribution in [1.82, 2.24) is 20.1 Å². The zero-order valence-electron chi connectivity index (χ0n) is 23.2. The Morgan fingerprint density at radius 2 is 1.95 bits per heavy atom. The highest BCUT2D eigenvalue weighted by atomic mass is 35.5. The first-order valence-corrected chi connectivity index (χ1v) is 15.2. The molecule has 1 fully saturated rings. The van der Waals surface area contributed by atoms with E-state index in [2.05, 4.69) is 20.1 Å². The molecule has 0 radical (unpaired) electrons. The minimum absolute atomic E-state index is 0.0632. The second-order valence-electron chi connectivity index (χ2n) is 10.9. The Morgan fingerprint density at radius 1 is 1.31 bits per heavy atom. The fourth-order valence-electron chi connectivity index (χ4n) is 4.63. The van der Waals surface area contributed by atoms with Gasteiger partial charge in [-0.25, -0.2) is 13.4 Å². The summed E-state index contributed by atoms with van der Waals surface area (Å²) in [5.74, 6) is -1.61. The lowest BCUT2D eigenvalue weighted by molar-refractivity contribution is -0.211. The van der Waals surface area contributed by atoms with Crippen LogP contribution in [0.3, 0.4) is 0 Å². The van der Waals surface area contributed by atoms with Crippen LogP contribution in [0.25, 0.3) is 11.3 Å². The van der Waals surface area contributed by atoms with Gasteiger partial charge in [0.1, 0.15) is 15.4 Å². The summed E-state index contributed by atoms with van der Waals surface area (Å²) < 4.78 is 96.1. The van der Waals surface area contributed by atoms with Gasteiger partial charge in [0.2, 0.25) is 5.88 Å². The van der Waals surface area contributed by atoms with Crippen molar-refractivity contribution in [2.45, 2.75) is 82.7 Å². The number of ether oxygens (including phenoxy) is 1. The number of halogens is 6. The molecule has 3 rings (SSSR count). The maximum Gasteiger partial charge on any atom is 0.394 e. The van der Waals surface area contributed by atoms with Crippen molar-refractivity contribution in [3.8, 4) is 17.1 Å². The number of nitrogens with one attached hydrogen (secondary N) is 1. The van der Waals surface area contributed by atoms with Gasteiger partial charge in [-0.15, -0.1) is 0 Å². The Kier molecular flexibility index (Phi) is 9.86. The summed E-state index contributed by atoms with van der Waals surface area (Å²) in [6.45, 7) is -0.288. The number of carbonyl (C=O) groups excluding carboxylic acids is 1. The average Bonchev–Trinajstić information content (AvgIpc) is 3.18. The number of carbonyl (C=O) groups is 1. The molecule has 1 aliphatic rings. The van der Waals surface area contributed by atoms with Crippen molar-refractivity contribution in [2.75, 3.05) is 12.8 Å². The molecule has 10 nitrogen and oxygen atoms in total. The van der Waals surface area contributed by atoms with E-state index >= 15 is 0 Å². The number of sulfone groups is 1. The van der Waals surface area contributed by atoms with Crippen molar-refractivity contribution in [3.63, 3.8) is 0 Å². The smallest absolute Gasteiger partial charge is 0.394 e. The second-order valence-corrected chi connectivity index (χ2v) is 13.7. The summed E-state index contributed by atoms with van der Waals surface area (Å²) in [5, 5.41) is 26.7. The van der Waals surface area contributed by atoms with Crippen LogP contribution in [0.15, 0.2) is 12.1 Å². The monoisotopic (exact) mass is 646 g/mol. The Balaban J connectivity index is 1.91. The third-order valence-corrected chi connectivity index (χ3v) is 9.34. The van der Waals surface area contributed by atoms with E-state index in [1.807, 2.05) is 0 Å². The summed E-state index contributed by atoms with van der Waals surface area (Å²) in [4.78, 5) is 16.9. The summed E-state index contributed by atoms with van der Waals surface area (Å²) in [6, 6.07) is 2.40. The Bertz CT molecular complexity index is 1420. The van der Waals surface area contributed by atoms with Gasteiger partial charge in [-0.2, -0.15) is 27.1 Å². The molecule has 2 heterocycles. The van der Waals surface area contributed by atoms with Gasteiger partial charge >= 0.3 is 12.8 Å². The second kappa shape index (κ2) is 12.2. The highest BCUT2D eigenvalue weighted by molar-refractivity contribution is 7.91. The number of rotatable bonds is 10.